The average Bonchev–Trinajstić information content (AvgIpc) is 2.76. The summed E-state index contributed by atoms with van der Waals surface area (Å²) >= 11 is 3.67. The Bertz CT molecular complexity index is 397. The SMILES string of the molecule is CCc1nn(CC)c(COCC2CCCCC2)c1Br. The van der Waals surface area contributed by atoms with E-state index in [0.717, 1.165) is 35.7 Å². The van der Waals surface area contributed by atoms with Crippen LogP contribution in [-0.2, 0) is 24.3 Å². The third-order valence-corrected chi connectivity index (χ3v) is 4.93. The number of hydrogen-bond donors (Lipinski definition) is 0. The molecule has 1 fully saturated rings. The standard InChI is InChI=1S/C15H25BrN2O/c1-3-13-15(16)14(18(4-2)17-13)11-19-10-12-8-6-5-7-9-12/h12H,3-11H2,1-2H3. The molecule has 1 aliphatic carbocycles. The minimum Gasteiger partial charge on any atom is -0.375 e. The molecule has 0 aliphatic heterocycles. The highest BCUT2D eigenvalue weighted by Crippen LogP contribution is 2.26. The summed E-state index contributed by atoms with van der Waals surface area (Å²) in [6.07, 6.45) is 7.81. The number of rotatable bonds is 6. The third kappa shape index (κ3) is 3.82. The maximum Gasteiger partial charge on any atom is 0.0896 e. The summed E-state index contributed by atoms with van der Waals surface area (Å²) in [4.78, 5) is 0. The van der Waals surface area contributed by atoms with Crippen molar-refractivity contribution in [2.75, 3.05) is 6.61 Å². The van der Waals surface area contributed by atoms with Crippen LogP contribution in [0.5, 0.6) is 0 Å². The van der Waals surface area contributed by atoms with Crippen molar-refractivity contribution in [2.45, 2.75) is 65.5 Å². The van der Waals surface area contributed by atoms with Crippen LogP contribution in [0.3, 0.4) is 0 Å². The molecule has 1 aromatic rings. The molecular weight excluding hydrogens is 304 g/mol. The molecule has 4 heteroatoms. The molecule has 2 rings (SSSR count). The second-order valence-corrected chi connectivity index (χ2v) is 6.19. The first kappa shape index (κ1) is 15.0. The Morgan fingerprint density at radius 2 is 2.00 bits per heavy atom. The Labute approximate surface area is 124 Å². The minimum atomic E-state index is 0.678. The van der Waals surface area contributed by atoms with E-state index in [-0.39, 0.29) is 0 Å². The van der Waals surface area contributed by atoms with Crippen LogP contribution in [0.15, 0.2) is 4.47 Å². The van der Waals surface area contributed by atoms with E-state index in [4.69, 9.17) is 4.74 Å². The zero-order valence-corrected chi connectivity index (χ0v) is 13.7. The maximum absolute atomic E-state index is 5.95. The van der Waals surface area contributed by atoms with Crippen molar-refractivity contribution >= 4 is 15.9 Å². The molecule has 19 heavy (non-hydrogen) atoms. The maximum atomic E-state index is 5.95. The fraction of sp³-hybridized carbons (Fsp3) is 0.800. The second-order valence-electron chi connectivity index (χ2n) is 5.40. The lowest BCUT2D eigenvalue weighted by Gasteiger charge is -2.21. The zero-order valence-electron chi connectivity index (χ0n) is 12.1. The molecule has 0 unspecified atom stereocenters. The number of aromatic nitrogens is 2. The first-order chi connectivity index (χ1) is 9.26. The van der Waals surface area contributed by atoms with Crippen LogP contribution in [-0.4, -0.2) is 16.4 Å². The van der Waals surface area contributed by atoms with Crippen LogP contribution in [0.2, 0.25) is 0 Å². The number of aryl methyl sites for hydroxylation is 2. The van der Waals surface area contributed by atoms with Gasteiger partial charge in [0, 0.05) is 13.2 Å². The predicted octanol–water partition coefficient (Wildman–Crippen LogP) is 4.32. The highest BCUT2D eigenvalue weighted by atomic mass is 79.9. The van der Waals surface area contributed by atoms with Crippen molar-refractivity contribution in [3.05, 3.63) is 15.9 Å². The van der Waals surface area contributed by atoms with E-state index >= 15 is 0 Å². The summed E-state index contributed by atoms with van der Waals surface area (Å²) in [7, 11) is 0. The first-order valence-corrected chi connectivity index (χ1v) is 8.37. The predicted molar refractivity (Wildman–Crippen MR) is 81.2 cm³/mol. The van der Waals surface area contributed by atoms with E-state index < -0.39 is 0 Å². The van der Waals surface area contributed by atoms with E-state index in [1.54, 1.807) is 0 Å². The van der Waals surface area contributed by atoms with Gasteiger partial charge in [0.15, 0.2) is 0 Å². The Morgan fingerprint density at radius 3 is 2.63 bits per heavy atom. The highest BCUT2D eigenvalue weighted by molar-refractivity contribution is 9.10. The summed E-state index contributed by atoms with van der Waals surface area (Å²) < 4.78 is 9.15. The molecule has 1 aromatic heterocycles. The monoisotopic (exact) mass is 328 g/mol. The van der Waals surface area contributed by atoms with Crippen molar-refractivity contribution in [3.63, 3.8) is 0 Å². The van der Waals surface area contributed by atoms with Gasteiger partial charge in [-0.05, 0) is 48.0 Å². The van der Waals surface area contributed by atoms with Gasteiger partial charge in [-0.25, -0.2) is 0 Å². The molecule has 1 heterocycles. The number of nitrogens with zero attached hydrogens (tertiary/aromatic N) is 2. The van der Waals surface area contributed by atoms with Crippen LogP contribution in [0.25, 0.3) is 0 Å². The lowest BCUT2D eigenvalue weighted by Crippen LogP contribution is -2.14. The Kier molecular flexibility index (Phi) is 5.89. The van der Waals surface area contributed by atoms with Crippen LogP contribution >= 0.6 is 15.9 Å². The number of hydrogen-bond acceptors (Lipinski definition) is 2. The molecule has 0 radical (unpaired) electrons. The molecule has 0 amide bonds. The van der Waals surface area contributed by atoms with Crippen LogP contribution < -0.4 is 0 Å². The minimum absolute atomic E-state index is 0.678. The van der Waals surface area contributed by atoms with Crippen molar-refractivity contribution in [2.24, 2.45) is 5.92 Å². The molecule has 0 spiro atoms. The van der Waals surface area contributed by atoms with Gasteiger partial charge >= 0.3 is 0 Å². The Morgan fingerprint density at radius 1 is 1.26 bits per heavy atom. The van der Waals surface area contributed by atoms with Gasteiger partial charge in [0.05, 0.1) is 22.5 Å². The van der Waals surface area contributed by atoms with Crippen molar-refractivity contribution in [3.8, 4) is 0 Å². The summed E-state index contributed by atoms with van der Waals surface area (Å²) in [5, 5.41) is 4.60. The molecule has 3 nitrogen and oxygen atoms in total. The lowest BCUT2D eigenvalue weighted by molar-refractivity contribution is 0.0695. The summed E-state index contributed by atoms with van der Waals surface area (Å²) in [6.45, 7) is 6.75. The van der Waals surface area contributed by atoms with E-state index in [9.17, 15) is 0 Å². The summed E-state index contributed by atoms with van der Waals surface area (Å²) in [5.74, 6) is 0.774. The van der Waals surface area contributed by atoms with E-state index in [1.165, 1.54) is 37.8 Å². The third-order valence-electron chi connectivity index (χ3n) is 4.01. The van der Waals surface area contributed by atoms with E-state index in [0.29, 0.717) is 6.61 Å². The van der Waals surface area contributed by atoms with Gasteiger partial charge in [-0.1, -0.05) is 26.2 Å². The van der Waals surface area contributed by atoms with Gasteiger partial charge in [0.2, 0.25) is 0 Å². The summed E-state index contributed by atoms with van der Waals surface area (Å²) in [5.41, 5.74) is 2.33. The lowest BCUT2D eigenvalue weighted by atomic mass is 9.90. The Balaban J connectivity index is 1.89. The van der Waals surface area contributed by atoms with Gasteiger partial charge in [0.1, 0.15) is 0 Å². The molecule has 0 bridgehead atoms. The van der Waals surface area contributed by atoms with Crippen molar-refractivity contribution in [1.82, 2.24) is 9.78 Å². The molecule has 0 saturated heterocycles. The molecule has 108 valence electrons. The molecule has 0 aromatic carbocycles. The number of halogens is 1. The molecule has 1 aliphatic rings. The van der Waals surface area contributed by atoms with Gasteiger partial charge in [-0.2, -0.15) is 5.10 Å². The highest BCUT2D eigenvalue weighted by Gasteiger charge is 2.16. The Hall–Kier alpha value is -0.350. The van der Waals surface area contributed by atoms with Gasteiger partial charge in [-0.15, -0.1) is 0 Å². The second kappa shape index (κ2) is 7.44. The van der Waals surface area contributed by atoms with E-state index in [2.05, 4.69) is 39.6 Å². The fourth-order valence-electron chi connectivity index (χ4n) is 2.83. The topological polar surface area (TPSA) is 27.1 Å². The first-order valence-electron chi connectivity index (χ1n) is 7.58. The quantitative estimate of drug-likeness (QED) is 0.777. The number of ether oxygens (including phenoxy) is 1. The zero-order chi connectivity index (χ0) is 13.7. The van der Waals surface area contributed by atoms with Crippen LogP contribution in [0.1, 0.15) is 57.3 Å². The van der Waals surface area contributed by atoms with Crippen molar-refractivity contribution < 1.29 is 4.74 Å². The molecule has 0 atom stereocenters. The summed E-state index contributed by atoms with van der Waals surface area (Å²) in [6, 6.07) is 0. The molecule has 0 N–H and O–H groups in total. The largest absolute Gasteiger partial charge is 0.375 e. The molecule has 1 saturated carbocycles. The van der Waals surface area contributed by atoms with Gasteiger partial charge in [0.25, 0.3) is 0 Å². The van der Waals surface area contributed by atoms with Crippen LogP contribution in [0.4, 0.5) is 0 Å². The van der Waals surface area contributed by atoms with Crippen molar-refractivity contribution in [1.29, 1.82) is 0 Å². The van der Waals surface area contributed by atoms with E-state index in [1.807, 2.05) is 0 Å². The average molecular weight is 329 g/mol. The van der Waals surface area contributed by atoms with Gasteiger partial charge in [-0.3, -0.25) is 4.68 Å². The smallest absolute Gasteiger partial charge is 0.0896 e. The van der Waals surface area contributed by atoms with Crippen LogP contribution in [0, 0.1) is 5.92 Å². The molecular formula is C15H25BrN2O. The van der Waals surface area contributed by atoms with Gasteiger partial charge < -0.3 is 4.74 Å². The normalized spacial score (nSPS) is 17.0. The fourth-order valence-corrected chi connectivity index (χ4v) is 3.51.